The van der Waals surface area contributed by atoms with Gasteiger partial charge in [0.2, 0.25) is 0 Å². The van der Waals surface area contributed by atoms with Gasteiger partial charge in [-0.1, -0.05) is 6.07 Å². The Morgan fingerprint density at radius 1 is 1.32 bits per heavy atom. The molecule has 0 unspecified atom stereocenters. The van der Waals surface area contributed by atoms with Crippen LogP contribution in [0.4, 0.5) is 0 Å². The highest BCUT2D eigenvalue weighted by atomic mass is 16.1. The van der Waals surface area contributed by atoms with E-state index in [1.807, 2.05) is 32.0 Å². The molecule has 1 heterocycles. The van der Waals surface area contributed by atoms with Gasteiger partial charge < -0.3 is 5.32 Å². The van der Waals surface area contributed by atoms with Gasteiger partial charge in [-0.2, -0.15) is 0 Å². The SMILES string of the molecule is Cc1ccc(C(=O)NCCc2nnnn2C)cc1C. The van der Waals surface area contributed by atoms with E-state index in [9.17, 15) is 4.79 Å². The molecule has 0 aliphatic heterocycles. The van der Waals surface area contributed by atoms with Gasteiger partial charge in [0, 0.05) is 25.6 Å². The minimum absolute atomic E-state index is 0.0711. The van der Waals surface area contributed by atoms with Crippen LogP contribution in [-0.2, 0) is 13.5 Å². The Morgan fingerprint density at radius 2 is 2.11 bits per heavy atom. The van der Waals surface area contributed by atoms with Crippen molar-refractivity contribution in [2.24, 2.45) is 7.05 Å². The number of benzene rings is 1. The zero-order valence-corrected chi connectivity index (χ0v) is 11.3. The molecule has 0 radical (unpaired) electrons. The maximum absolute atomic E-state index is 12.0. The van der Waals surface area contributed by atoms with E-state index in [0.29, 0.717) is 18.5 Å². The molecule has 0 spiro atoms. The van der Waals surface area contributed by atoms with Crippen molar-refractivity contribution in [2.45, 2.75) is 20.3 Å². The first-order valence-corrected chi connectivity index (χ1v) is 6.14. The first-order valence-electron chi connectivity index (χ1n) is 6.14. The van der Waals surface area contributed by atoms with Gasteiger partial charge in [0.1, 0.15) is 0 Å². The van der Waals surface area contributed by atoms with E-state index < -0.39 is 0 Å². The number of tetrazole rings is 1. The summed E-state index contributed by atoms with van der Waals surface area (Å²) in [5.74, 6) is 0.679. The molecular formula is C13H17N5O. The smallest absolute Gasteiger partial charge is 0.251 e. The summed E-state index contributed by atoms with van der Waals surface area (Å²) in [6, 6.07) is 5.69. The van der Waals surface area contributed by atoms with Crippen molar-refractivity contribution in [3.05, 3.63) is 40.7 Å². The highest BCUT2D eigenvalue weighted by molar-refractivity contribution is 5.94. The van der Waals surface area contributed by atoms with Gasteiger partial charge in [-0.25, -0.2) is 4.68 Å². The number of carbonyl (C=O) groups is 1. The van der Waals surface area contributed by atoms with Crippen LogP contribution in [0.1, 0.15) is 27.3 Å². The van der Waals surface area contributed by atoms with E-state index in [4.69, 9.17) is 0 Å². The lowest BCUT2D eigenvalue weighted by Crippen LogP contribution is -2.26. The van der Waals surface area contributed by atoms with Crippen molar-refractivity contribution < 1.29 is 4.79 Å². The molecule has 19 heavy (non-hydrogen) atoms. The predicted octanol–water partition coefficient (Wildman–Crippen LogP) is 0.799. The minimum Gasteiger partial charge on any atom is -0.352 e. The number of aromatic nitrogens is 4. The molecule has 0 bridgehead atoms. The maximum atomic E-state index is 12.0. The van der Waals surface area contributed by atoms with E-state index in [1.54, 1.807) is 11.7 Å². The molecule has 2 rings (SSSR count). The van der Waals surface area contributed by atoms with Gasteiger partial charge in [-0.05, 0) is 47.5 Å². The van der Waals surface area contributed by atoms with Crippen molar-refractivity contribution in [2.75, 3.05) is 6.54 Å². The number of aryl methyl sites for hydroxylation is 3. The molecule has 6 heteroatoms. The molecule has 0 atom stereocenters. The second-order valence-electron chi connectivity index (χ2n) is 4.52. The van der Waals surface area contributed by atoms with Crippen LogP contribution in [-0.4, -0.2) is 32.7 Å². The number of hydrogen-bond acceptors (Lipinski definition) is 4. The van der Waals surface area contributed by atoms with Crippen LogP contribution in [0.2, 0.25) is 0 Å². The highest BCUT2D eigenvalue weighted by Gasteiger charge is 2.07. The molecule has 1 aromatic heterocycles. The third-order valence-corrected chi connectivity index (χ3v) is 3.11. The second kappa shape index (κ2) is 5.60. The molecule has 0 aliphatic rings. The molecule has 0 fully saturated rings. The third-order valence-electron chi connectivity index (χ3n) is 3.11. The molecule has 0 saturated carbocycles. The molecule has 6 nitrogen and oxygen atoms in total. The maximum Gasteiger partial charge on any atom is 0.251 e. The normalized spacial score (nSPS) is 10.5. The van der Waals surface area contributed by atoms with E-state index in [1.165, 1.54) is 5.56 Å². The van der Waals surface area contributed by atoms with Crippen molar-refractivity contribution in [1.82, 2.24) is 25.5 Å². The molecular weight excluding hydrogens is 242 g/mol. The van der Waals surface area contributed by atoms with Crippen molar-refractivity contribution in [1.29, 1.82) is 0 Å². The second-order valence-corrected chi connectivity index (χ2v) is 4.52. The van der Waals surface area contributed by atoms with Crippen LogP contribution in [0.15, 0.2) is 18.2 Å². The quantitative estimate of drug-likeness (QED) is 0.881. The monoisotopic (exact) mass is 259 g/mol. The Hall–Kier alpha value is -2.24. The van der Waals surface area contributed by atoms with Gasteiger partial charge in [0.15, 0.2) is 5.82 Å². The molecule has 100 valence electrons. The Morgan fingerprint density at radius 3 is 2.74 bits per heavy atom. The van der Waals surface area contributed by atoms with Crippen LogP contribution in [0, 0.1) is 13.8 Å². The van der Waals surface area contributed by atoms with Crippen LogP contribution < -0.4 is 5.32 Å². The average molecular weight is 259 g/mol. The van der Waals surface area contributed by atoms with Crippen molar-refractivity contribution in [3.8, 4) is 0 Å². The van der Waals surface area contributed by atoms with E-state index in [0.717, 1.165) is 11.4 Å². The fourth-order valence-corrected chi connectivity index (χ4v) is 1.73. The number of nitrogens with zero attached hydrogens (tertiary/aromatic N) is 4. The first-order chi connectivity index (χ1) is 9.08. The van der Waals surface area contributed by atoms with E-state index >= 15 is 0 Å². The van der Waals surface area contributed by atoms with Gasteiger partial charge in [-0.3, -0.25) is 4.79 Å². The molecule has 1 aromatic carbocycles. The van der Waals surface area contributed by atoms with Crippen molar-refractivity contribution in [3.63, 3.8) is 0 Å². The zero-order valence-electron chi connectivity index (χ0n) is 11.3. The number of amides is 1. The number of carbonyl (C=O) groups excluding carboxylic acids is 1. The molecule has 1 N–H and O–H groups in total. The zero-order chi connectivity index (χ0) is 13.8. The molecule has 1 amide bonds. The minimum atomic E-state index is -0.0711. The fourth-order valence-electron chi connectivity index (χ4n) is 1.73. The van der Waals surface area contributed by atoms with Crippen LogP contribution in [0.25, 0.3) is 0 Å². The number of hydrogen-bond donors (Lipinski definition) is 1. The largest absolute Gasteiger partial charge is 0.352 e. The number of nitrogens with one attached hydrogen (secondary N) is 1. The first kappa shape index (κ1) is 13.2. The summed E-state index contributed by atoms with van der Waals surface area (Å²) in [6.45, 7) is 4.54. The van der Waals surface area contributed by atoms with Crippen LogP contribution >= 0.6 is 0 Å². The molecule has 0 saturated heterocycles. The summed E-state index contributed by atoms with van der Waals surface area (Å²) < 4.78 is 1.60. The Kier molecular flexibility index (Phi) is 3.89. The van der Waals surface area contributed by atoms with E-state index in [-0.39, 0.29) is 5.91 Å². The standard InChI is InChI=1S/C13H17N5O/c1-9-4-5-11(8-10(9)2)13(19)14-7-6-12-15-16-17-18(12)3/h4-5,8H,6-7H2,1-3H3,(H,14,19). The topological polar surface area (TPSA) is 72.7 Å². The van der Waals surface area contributed by atoms with Gasteiger partial charge in [0.25, 0.3) is 5.91 Å². The van der Waals surface area contributed by atoms with Crippen LogP contribution in [0.5, 0.6) is 0 Å². The van der Waals surface area contributed by atoms with Crippen molar-refractivity contribution >= 4 is 5.91 Å². The highest BCUT2D eigenvalue weighted by Crippen LogP contribution is 2.09. The summed E-state index contributed by atoms with van der Waals surface area (Å²) in [7, 11) is 1.78. The van der Waals surface area contributed by atoms with Crippen LogP contribution in [0.3, 0.4) is 0 Å². The fraction of sp³-hybridized carbons (Fsp3) is 0.385. The Balaban J connectivity index is 1.91. The van der Waals surface area contributed by atoms with E-state index in [2.05, 4.69) is 20.8 Å². The lowest BCUT2D eigenvalue weighted by molar-refractivity contribution is 0.0954. The summed E-state index contributed by atoms with van der Waals surface area (Å²) in [6.07, 6.45) is 0.611. The lowest BCUT2D eigenvalue weighted by Gasteiger charge is -2.06. The predicted molar refractivity (Wildman–Crippen MR) is 70.8 cm³/mol. The summed E-state index contributed by atoms with van der Waals surface area (Å²) in [5.41, 5.74) is 2.98. The van der Waals surface area contributed by atoms with Gasteiger partial charge in [-0.15, -0.1) is 5.10 Å². The molecule has 0 aliphatic carbocycles. The lowest BCUT2D eigenvalue weighted by atomic mass is 10.1. The molecule has 2 aromatic rings. The van der Waals surface area contributed by atoms with Gasteiger partial charge >= 0.3 is 0 Å². The summed E-state index contributed by atoms with van der Waals surface area (Å²) in [5, 5.41) is 14.0. The average Bonchev–Trinajstić information content (AvgIpc) is 2.78. The summed E-state index contributed by atoms with van der Waals surface area (Å²) in [4.78, 5) is 12.0. The Bertz CT molecular complexity index is 590. The van der Waals surface area contributed by atoms with Gasteiger partial charge in [0.05, 0.1) is 0 Å². The number of rotatable bonds is 4. The third kappa shape index (κ3) is 3.15. The Labute approximate surface area is 111 Å². The summed E-state index contributed by atoms with van der Waals surface area (Å²) >= 11 is 0.